The molecule has 2 rings (SSSR count). The van der Waals surface area contributed by atoms with Gasteiger partial charge < -0.3 is 10.0 Å². The number of amides is 1. The summed E-state index contributed by atoms with van der Waals surface area (Å²) in [7, 11) is 0. The molecule has 104 valence electrons. The van der Waals surface area contributed by atoms with Crippen LogP contribution in [0.4, 0.5) is 0 Å². The van der Waals surface area contributed by atoms with Crippen LogP contribution in [0, 0.1) is 0 Å². The number of pyridine rings is 1. The second-order valence-electron chi connectivity index (χ2n) is 5.24. The Hall–Kier alpha value is -1.13. The Morgan fingerprint density at radius 2 is 2.32 bits per heavy atom. The van der Waals surface area contributed by atoms with Gasteiger partial charge in [0, 0.05) is 17.8 Å². The van der Waals surface area contributed by atoms with Crippen molar-refractivity contribution in [1.82, 2.24) is 9.88 Å². The molecule has 1 saturated heterocycles. The van der Waals surface area contributed by atoms with Crippen molar-refractivity contribution in [2.45, 2.75) is 38.6 Å². The number of aromatic nitrogens is 1. The maximum Gasteiger partial charge on any atom is 0.254 e. The summed E-state index contributed by atoms with van der Waals surface area (Å²) >= 11 is 5.98. The first kappa shape index (κ1) is 14.3. The molecule has 1 N–H and O–H groups in total. The number of hydrogen-bond donors (Lipinski definition) is 1. The van der Waals surface area contributed by atoms with Crippen molar-refractivity contribution in [3.05, 3.63) is 28.5 Å². The molecule has 0 spiro atoms. The molecule has 4 nitrogen and oxygen atoms in total. The Kier molecular flexibility index (Phi) is 4.42. The van der Waals surface area contributed by atoms with E-state index in [0.29, 0.717) is 17.3 Å². The SMILES string of the molecule is CC(C)c1cc(C(=O)N2CCCC2CO)cc(Cl)n1. The number of aliphatic hydroxyl groups is 1. The lowest BCUT2D eigenvalue weighted by molar-refractivity contribution is 0.0677. The predicted molar refractivity (Wildman–Crippen MR) is 74.5 cm³/mol. The van der Waals surface area contributed by atoms with Gasteiger partial charge in [-0.25, -0.2) is 4.98 Å². The monoisotopic (exact) mass is 282 g/mol. The van der Waals surface area contributed by atoms with E-state index in [2.05, 4.69) is 4.98 Å². The molecule has 1 aromatic rings. The Bertz CT molecular complexity index is 477. The minimum Gasteiger partial charge on any atom is -0.394 e. The van der Waals surface area contributed by atoms with E-state index in [1.165, 1.54) is 0 Å². The van der Waals surface area contributed by atoms with Gasteiger partial charge in [-0.15, -0.1) is 0 Å². The summed E-state index contributed by atoms with van der Waals surface area (Å²) in [6.45, 7) is 4.74. The van der Waals surface area contributed by atoms with Crippen molar-refractivity contribution in [2.24, 2.45) is 0 Å². The van der Waals surface area contributed by atoms with Gasteiger partial charge in [0.15, 0.2) is 0 Å². The molecule has 0 bridgehead atoms. The van der Waals surface area contributed by atoms with Crippen LogP contribution in [0.5, 0.6) is 0 Å². The van der Waals surface area contributed by atoms with E-state index in [4.69, 9.17) is 11.6 Å². The topological polar surface area (TPSA) is 53.4 Å². The average Bonchev–Trinajstić information content (AvgIpc) is 2.85. The number of rotatable bonds is 3. The van der Waals surface area contributed by atoms with Crippen molar-refractivity contribution in [2.75, 3.05) is 13.2 Å². The molecule has 1 atom stereocenters. The third-order valence-corrected chi connectivity index (χ3v) is 3.69. The first-order valence-electron chi connectivity index (χ1n) is 6.62. The summed E-state index contributed by atoms with van der Waals surface area (Å²) in [6.07, 6.45) is 1.80. The van der Waals surface area contributed by atoms with E-state index in [-0.39, 0.29) is 24.5 Å². The fourth-order valence-corrected chi connectivity index (χ4v) is 2.61. The van der Waals surface area contributed by atoms with E-state index in [0.717, 1.165) is 18.5 Å². The molecule has 1 aliphatic rings. The quantitative estimate of drug-likeness (QED) is 0.867. The normalized spacial score (nSPS) is 19.2. The van der Waals surface area contributed by atoms with Crippen LogP contribution in [0.15, 0.2) is 12.1 Å². The molecule has 1 aliphatic heterocycles. The van der Waals surface area contributed by atoms with Crippen LogP contribution in [-0.4, -0.2) is 40.1 Å². The van der Waals surface area contributed by atoms with Crippen molar-refractivity contribution >= 4 is 17.5 Å². The highest BCUT2D eigenvalue weighted by Crippen LogP contribution is 2.23. The molecule has 0 saturated carbocycles. The maximum atomic E-state index is 12.5. The van der Waals surface area contributed by atoms with Crippen LogP contribution in [0.3, 0.4) is 0 Å². The molecule has 0 aliphatic carbocycles. The van der Waals surface area contributed by atoms with E-state index < -0.39 is 0 Å². The number of carbonyl (C=O) groups is 1. The number of carbonyl (C=O) groups excluding carboxylic acids is 1. The fourth-order valence-electron chi connectivity index (χ4n) is 2.40. The van der Waals surface area contributed by atoms with Gasteiger partial charge in [0.2, 0.25) is 0 Å². The minimum absolute atomic E-state index is 0.0155. The molecule has 2 heterocycles. The van der Waals surface area contributed by atoms with Crippen molar-refractivity contribution in [3.63, 3.8) is 0 Å². The van der Waals surface area contributed by atoms with Crippen LogP contribution < -0.4 is 0 Å². The number of halogens is 1. The standard InChI is InChI=1S/C14H19ClN2O2/c1-9(2)12-6-10(7-13(15)16-12)14(19)17-5-3-4-11(17)8-18/h6-7,9,11,18H,3-5,8H2,1-2H3. The highest BCUT2D eigenvalue weighted by Gasteiger charge is 2.29. The zero-order chi connectivity index (χ0) is 14.0. The lowest BCUT2D eigenvalue weighted by atomic mass is 10.1. The molecule has 1 fully saturated rings. The summed E-state index contributed by atoms with van der Waals surface area (Å²) in [5, 5.41) is 9.64. The lowest BCUT2D eigenvalue weighted by Gasteiger charge is -2.23. The van der Waals surface area contributed by atoms with Crippen molar-refractivity contribution < 1.29 is 9.90 Å². The first-order chi connectivity index (χ1) is 9.02. The second-order valence-corrected chi connectivity index (χ2v) is 5.62. The zero-order valence-corrected chi connectivity index (χ0v) is 12.0. The largest absolute Gasteiger partial charge is 0.394 e. The fraction of sp³-hybridized carbons (Fsp3) is 0.571. The van der Waals surface area contributed by atoms with E-state index >= 15 is 0 Å². The third-order valence-electron chi connectivity index (χ3n) is 3.50. The molecular formula is C14H19ClN2O2. The van der Waals surface area contributed by atoms with Gasteiger partial charge in [0.1, 0.15) is 5.15 Å². The van der Waals surface area contributed by atoms with E-state index in [1.54, 1.807) is 17.0 Å². The molecule has 0 aromatic carbocycles. The van der Waals surface area contributed by atoms with Gasteiger partial charge in [-0.05, 0) is 30.9 Å². The minimum atomic E-state index is -0.0676. The summed E-state index contributed by atoms with van der Waals surface area (Å²) < 4.78 is 0. The molecule has 1 unspecified atom stereocenters. The summed E-state index contributed by atoms with van der Waals surface area (Å²) in [4.78, 5) is 18.4. The molecule has 1 aromatic heterocycles. The molecule has 0 radical (unpaired) electrons. The highest BCUT2D eigenvalue weighted by atomic mass is 35.5. The van der Waals surface area contributed by atoms with Crippen molar-refractivity contribution in [1.29, 1.82) is 0 Å². The number of hydrogen-bond acceptors (Lipinski definition) is 3. The smallest absolute Gasteiger partial charge is 0.254 e. The lowest BCUT2D eigenvalue weighted by Crippen LogP contribution is -2.37. The first-order valence-corrected chi connectivity index (χ1v) is 7.00. The third kappa shape index (κ3) is 3.07. The second kappa shape index (κ2) is 5.88. The van der Waals surface area contributed by atoms with Crippen molar-refractivity contribution in [3.8, 4) is 0 Å². The number of likely N-dealkylation sites (tertiary alicyclic amines) is 1. The van der Waals surface area contributed by atoms with Gasteiger partial charge in [-0.1, -0.05) is 25.4 Å². The molecule has 5 heteroatoms. The average molecular weight is 283 g/mol. The van der Waals surface area contributed by atoms with E-state index in [9.17, 15) is 9.90 Å². The highest BCUT2D eigenvalue weighted by molar-refractivity contribution is 6.29. The van der Waals surface area contributed by atoms with Gasteiger partial charge in [0.05, 0.1) is 12.6 Å². The summed E-state index contributed by atoms with van der Waals surface area (Å²) in [5.74, 6) is 0.153. The Morgan fingerprint density at radius 3 is 2.95 bits per heavy atom. The maximum absolute atomic E-state index is 12.5. The molecule has 19 heavy (non-hydrogen) atoms. The summed E-state index contributed by atoms with van der Waals surface area (Å²) in [6, 6.07) is 3.33. The Balaban J connectivity index is 2.28. The molecule has 1 amide bonds. The molecular weight excluding hydrogens is 264 g/mol. The van der Waals surface area contributed by atoms with Crippen LogP contribution in [-0.2, 0) is 0 Å². The van der Waals surface area contributed by atoms with Crippen LogP contribution in [0.2, 0.25) is 5.15 Å². The summed E-state index contributed by atoms with van der Waals surface area (Å²) in [5.41, 5.74) is 1.37. The van der Waals surface area contributed by atoms with Gasteiger partial charge in [0.25, 0.3) is 5.91 Å². The van der Waals surface area contributed by atoms with E-state index in [1.807, 2.05) is 13.8 Å². The zero-order valence-electron chi connectivity index (χ0n) is 11.3. The Morgan fingerprint density at radius 1 is 1.58 bits per heavy atom. The number of aliphatic hydroxyl groups excluding tert-OH is 1. The number of nitrogens with zero attached hydrogens (tertiary/aromatic N) is 2. The van der Waals surface area contributed by atoms with Crippen LogP contribution >= 0.6 is 11.6 Å². The van der Waals surface area contributed by atoms with Gasteiger partial charge in [-0.3, -0.25) is 4.79 Å². The van der Waals surface area contributed by atoms with Gasteiger partial charge in [-0.2, -0.15) is 0 Å². The van der Waals surface area contributed by atoms with Crippen LogP contribution in [0.25, 0.3) is 0 Å². The Labute approximate surface area is 118 Å². The van der Waals surface area contributed by atoms with Crippen LogP contribution in [0.1, 0.15) is 48.7 Å². The van der Waals surface area contributed by atoms with Gasteiger partial charge >= 0.3 is 0 Å². The predicted octanol–water partition coefficient (Wildman–Crippen LogP) is 2.46.